The molecule has 0 aliphatic heterocycles. The van der Waals surface area contributed by atoms with Gasteiger partial charge in [0.25, 0.3) is 0 Å². The van der Waals surface area contributed by atoms with Crippen LogP contribution in [-0.2, 0) is 0 Å². The lowest BCUT2D eigenvalue weighted by molar-refractivity contribution is 0.0685. The number of ether oxygens (including phenoxy) is 2. The van der Waals surface area contributed by atoms with Crippen LogP contribution in [0.4, 0.5) is 0 Å². The van der Waals surface area contributed by atoms with Crippen molar-refractivity contribution in [1.82, 2.24) is 4.98 Å². The summed E-state index contributed by atoms with van der Waals surface area (Å²) in [5.74, 6) is -0.240. The Labute approximate surface area is 112 Å². The zero-order chi connectivity index (χ0) is 13.7. The van der Waals surface area contributed by atoms with E-state index in [9.17, 15) is 4.79 Å². The second kappa shape index (κ2) is 6.41. The van der Waals surface area contributed by atoms with Gasteiger partial charge >= 0.3 is 5.97 Å². The molecule has 5 heteroatoms. The van der Waals surface area contributed by atoms with Gasteiger partial charge < -0.3 is 14.6 Å². The summed E-state index contributed by atoms with van der Waals surface area (Å²) in [6.45, 7) is 2.20. The van der Waals surface area contributed by atoms with Crippen LogP contribution >= 0.6 is 0 Å². The second-order valence-electron chi connectivity index (χ2n) is 4.63. The molecule has 104 valence electrons. The van der Waals surface area contributed by atoms with E-state index in [2.05, 4.69) is 4.98 Å². The smallest absolute Gasteiger partial charge is 0.358 e. The Kier molecular flexibility index (Phi) is 4.60. The molecule has 1 N–H and O–H groups in total. The number of nitrogens with zero attached hydrogens (tertiary/aromatic N) is 1. The Morgan fingerprint density at radius 3 is 2.79 bits per heavy atom. The van der Waals surface area contributed by atoms with Crippen LogP contribution in [0.5, 0.6) is 11.5 Å². The fourth-order valence-corrected chi connectivity index (χ4v) is 2.29. The predicted molar refractivity (Wildman–Crippen MR) is 69.9 cm³/mol. The van der Waals surface area contributed by atoms with Crippen molar-refractivity contribution in [2.24, 2.45) is 0 Å². The predicted octanol–water partition coefficient (Wildman–Crippen LogP) is 2.89. The molecule has 5 nitrogen and oxygen atoms in total. The number of carboxylic acids is 1. The number of aromatic nitrogens is 1. The van der Waals surface area contributed by atoms with E-state index in [1.54, 1.807) is 13.0 Å². The normalized spacial score (nSPS) is 16.1. The molecule has 1 heterocycles. The standard InChI is InChI=1S/C14H19NO4/c1-2-18-12-8-11(9-15-13(12)14(16)17)19-10-6-4-3-5-7-10/h8-10H,2-7H2,1H3,(H,16,17). The van der Waals surface area contributed by atoms with Crippen LogP contribution in [0.3, 0.4) is 0 Å². The lowest BCUT2D eigenvalue weighted by Crippen LogP contribution is -2.20. The van der Waals surface area contributed by atoms with Gasteiger partial charge in [-0.2, -0.15) is 0 Å². The zero-order valence-corrected chi connectivity index (χ0v) is 11.1. The molecule has 0 saturated heterocycles. The summed E-state index contributed by atoms with van der Waals surface area (Å²) in [4.78, 5) is 14.9. The summed E-state index contributed by atoms with van der Waals surface area (Å²) >= 11 is 0. The molecule has 19 heavy (non-hydrogen) atoms. The van der Waals surface area contributed by atoms with Gasteiger partial charge in [0.1, 0.15) is 5.75 Å². The maximum atomic E-state index is 11.0. The highest BCUT2D eigenvalue weighted by atomic mass is 16.5. The molecule has 1 saturated carbocycles. The highest BCUT2D eigenvalue weighted by Crippen LogP contribution is 2.27. The molecule has 0 amide bonds. The number of hydrogen-bond acceptors (Lipinski definition) is 4. The van der Waals surface area contributed by atoms with E-state index in [1.165, 1.54) is 25.5 Å². The molecule has 0 bridgehead atoms. The van der Waals surface area contributed by atoms with Gasteiger partial charge in [0.2, 0.25) is 0 Å². The summed E-state index contributed by atoms with van der Waals surface area (Å²) in [7, 11) is 0. The minimum atomic E-state index is -1.09. The summed E-state index contributed by atoms with van der Waals surface area (Å²) in [6.07, 6.45) is 7.39. The van der Waals surface area contributed by atoms with Gasteiger partial charge in [-0.15, -0.1) is 0 Å². The van der Waals surface area contributed by atoms with Crippen molar-refractivity contribution in [1.29, 1.82) is 0 Å². The Bertz CT molecular complexity index is 441. The van der Waals surface area contributed by atoms with E-state index < -0.39 is 5.97 Å². The number of aromatic carboxylic acids is 1. The second-order valence-corrected chi connectivity index (χ2v) is 4.63. The Morgan fingerprint density at radius 1 is 1.42 bits per heavy atom. The SMILES string of the molecule is CCOc1cc(OC2CCCCC2)cnc1C(=O)O. The molecule has 1 aromatic rings. The topological polar surface area (TPSA) is 68.7 Å². The average Bonchev–Trinajstić information content (AvgIpc) is 2.40. The number of hydrogen-bond donors (Lipinski definition) is 1. The average molecular weight is 265 g/mol. The summed E-state index contributed by atoms with van der Waals surface area (Å²) in [5.41, 5.74) is -0.0714. The van der Waals surface area contributed by atoms with Crippen LogP contribution < -0.4 is 9.47 Å². The molecular weight excluding hydrogens is 246 g/mol. The van der Waals surface area contributed by atoms with Crippen molar-refractivity contribution in [2.75, 3.05) is 6.61 Å². The van der Waals surface area contributed by atoms with Crippen molar-refractivity contribution in [2.45, 2.75) is 45.1 Å². The molecule has 2 rings (SSSR count). The van der Waals surface area contributed by atoms with Gasteiger partial charge in [-0.3, -0.25) is 0 Å². The van der Waals surface area contributed by atoms with Crippen LogP contribution in [0, 0.1) is 0 Å². The first kappa shape index (κ1) is 13.6. The number of pyridine rings is 1. The molecule has 0 aromatic carbocycles. The molecule has 1 aliphatic carbocycles. The van der Waals surface area contributed by atoms with Gasteiger partial charge in [-0.05, 0) is 32.6 Å². The molecule has 0 unspecified atom stereocenters. The Balaban J connectivity index is 2.12. The van der Waals surface area contributed by atoms with Crippen LogP contribution in [0.1, 0.15) is 49.5 Å². The fraction of sp³-hybridized carbons (Fsp3) is 0.571. The number of rotatable bonds is 5. The third-order valence-corrected chi connectivity index (χ3v) is 3.18. The molecule has 0 atom stereocenters. The van der Waals surface area contributed by atoms with E-state index in [0.717, 1.165) is 12.8 Å². The van der Waals surface area contributed by atoms with Crippen molar-refractivity contribution < 1.29 is 19.4 Å². The molecule has 0 spiro atoms. The molecule has 0 radical (unpaired) electrons. The zero-order valence-electron chi connectivity index (χ0n) is 11.1. The van der Waals surface area contributed by atoms with Crippen molar-refractivity contribution in [3.63, 3.8) is 0 Å². The fourth-order valence-electron chi connectivity index (χ4n) is 2.29. The summed E-state index contributed by atoms with van der Waals surface area (Å²) in [6, 6.07) is 1.62. The van der Waals surface area contributed by atoms with Gasteiger partial charge in [0.05, 0.1) is 18.9 Å². The third kappa shape index (κ3) is 3.59. The van der Waals surface area contributed by atoms with E-state index in [-0.39, 0.29) is 17.5 Å². The number of carboxylic acid groups (broad SMARTS) is 1. The molecule has 1 fully saturated rings. The monoisotopic (exact) mass is 265 g/mol. The van der Waals surface area contributed by atoms with Gasteiger partial charge in [0, 0.05) is 6.07 Å². The summed E-state index contributed by atoms with van der Waals surface area (Å²) in [5, 5.41) is 9.02. The maximum absolute atomic E-state index is 11.0. The lowest BCUT2D eigenvalue weighted by Gasteiger charge is -2.23. The first-order valence-corrected chi connectivity index (χ1v) is 6.73. The van der Waals surface area contributed by atoms with E-state index in [0.29, 0.717) is 12.4 Å². The van der Waals surface area contributed by atoms with Crippen molar-refractivity contribution in [3.05, 3.63) is 18.0 Å². The van der Waals surface area contributed by atoms with Crippen LogP contribution in [0.25, 0.3) is 0 Å². The highest BCUT2D eigenvalue weighted by Gasteiger charge is 2.18. The molecular formula is C14H19NO4. The van der Waals surface area contributed by atoms with Crippen LogP contribution in [-0.4, -0.2) is 28.8 Å². The minimum absolute atomic E-state index is 0.0714. The minimum Gasteiger partial charge on any atom is -0.491 e. The van der Waals surface area contributed by atoms with E-state index >= 15 is 0 Å². The Hall–Kier alpha value is -1.78. The van der Waals surface area contributed by atoms with E-state index in [4.69, 9.17) is 14.6 Å². The van der Waals surface area contributed by atoms with Gasteiger partial charge in [-0.25, -0.2) is 9.78 Å². The van der Waals surface area contributed by atoms with Crippen molar-refractivity contribution in [3.8, 4) is 11.5 Å². The molecule has 1 aliphatic rings. The molecule has 1 aromatic heterocycles. The largest absolute Gasteiger partial charge is 0.491 e. The van der Waals surface area contributed by atoms with Crippen molar-refractivity contribution >= 4 is 5.97 Å². The van der Waals surface area contributed by atoms with E-state index in [1.807, 2.05) is 0 Å². The number of carbonyl (C=O) groups is 1. The lowest BCUT2D eigenvalue weighted by atomic mass is 9.98. The van der Waals surface area contributed by atoms with Crippen LogP contribution in [0.2, 0.25) is 0 Å². The van der Waals surface area contributed by atoms with Gasteiger partial charge in [-0.1, -0.05) is 6.42 Å². The maximum Gasteiger partial charge on any atom is 0.358 e. The first-order valence-electron chi connectivity index (χ1n) is 6.73. The Morgan fingerprint density at radius 2 is 2.16 bits per heavy atom. The van der Waals surface area contributed by atoms with Gasteiger partial charge in [0.15, 0.2) is 11.4 Å². The highest BCUT2D eigenvalue weighted by molar-refractivity contribution is 5.88. The first-order chi connectivity index (χ1) is 9.20. The quantitative estimate of drug-likeness (QED) is 0.886. The van der Waals surface area contributed by atoms with Crippen LogP contribution in [0.15, 0.2) is 12.3 Å². The summed E-state index contributed by atoms with van der Waals surface area (Å²) < 4.78 is 11.1. The third-order valence-electron chi connectivity index (χ3n) is 3.18.